The maximum atomic E-state index is 9.62. The zero-order valence-corrected chi connectivity index (χ0v) is 9.01. The lowest BCUT2D eigenvalue weighted by molar-refractivity contribution is 0.0557. The lowest BCUT2D eigenvalue weighted by Gasteiger charge is -2.21. The van der Waals surface area contributed by atoms with E-state index in [2.05, 4.69) is 5.32 Å². The molecule has 3 heteroatoms. The van der Waals surface area contributed by atoms with Crippen LogP contribution in [0.25, 0.3) is 0 Å². The Morgan fingerprint density at radius 2 is 2.08 bits per heavy atom. The van der Waals surface area contributed by atoms with Crippen LogP contribution in [0.15, 0.2) is 0 Å². The highest BCUT2D eigenvalue weighted by Gasteiger charge is 2.15. The van der Waals surface area contributed by atoms with Crippen LogP contribution in [0.3, 0.4) is 0 Å². The van der Waals surface area contributed by atoms with Gasteiger partial charge >= 0.3 is 0 Å². The summed E-state index contributed by atoms with van der Waals surface area (Å²) in [4.78, 5) is 0. The van der Waals surface area contributed by atoms with Gasteiger partial charge in [0.1, 0.15) is 0 Å². The molecule has 2 unspecified atom stereocenters. The van der Waals surface area contributed by atoms with Crippen LogP contribution >= 0.6 is 0 Å². The molecule has 0 aliphatic heterocycles. The molecule has 0 fully saturated rings. The summed E-state index contributed by atoms with van der Waals surface area (Å²) >= 11 is 0. The van der Waals surface area contributed by atoms with Gasteiger partial charge in [0.15, 0.2) is 0 Å². The lowest BCUT2D eigenvalue weighted by atomic mass is 10.0. The second-order valence-electron chi connectivity index (χ2n) is 4.02. The second kappa shape index (κ2) is 6.35. The van der Waals surface area contributed by atoms with Crippen LogP contribution in [-0.2, 0) is 0 Å². The molecule has 80 valence electrons. The normalized spacial score (nSPS) is 18.2. The number of hydrogen-bond acceptors (Lipinski definition) is 3. The largest absolute Gasteiger partial charge is 0.393 e. The Morgan fingerprint density at radius 3 is 2.54 bits per heavy atom. The summed E-state index contributed by atoms with van der Waals surface area (Å²) in [6, 6.07) is 0. The molecule has 0 aliphatic rings. The van der Waals surface area contributed by atoms with Crippen molar-refractivity contribution in [1.29, 1.82) is 0 Å². The van der Waals surface area contributed by atoms with E-state index in [1.807, 2.05) is 13.8 Å². The smallest absolute Gasteiger partial charge is 0.0740 e. The minimum atomic E-state index is -0.592. The summed E-state index contributed by atoms with van der Waals surface area (Å²) in [5.74, 6) is 0. The third kappa shape index (κ3) is 8.22. The van der Waals surface area contributed by atoms with Gasteiger partial charge in [-0.1, -0.05) is 6.92 Å². The quantitative estimate of drug-likeness (QED) is 0.522. The van der Waals surface area contributed by atoms with Crippen LogP contribution < -0.4 is 5.32 Å². The molecular formula is C10H23NO2. The Labute approximate surface area is 81.2 Å². The highest BCUT2D eigenvalue weighted by atomic mass is 16.3. The highest BCUT2D eigenvalue weighted by molar-refractivity contribution is 4.72. The van der Waals surface area contributed by atoms with Gasteiger partial charge in [-0.3, -0.25) is 0 Å². The molecule has 2 atom stereocenters. The minimum absolute atomic E-state index is 0.214. The van der Waals surface area contributed by atoms with E-state index < -0.39 is 5.60 Å². The number of hydrogen-bond donors (Lipinski definition) is 3. The summed E-state index contributed by atoms with van der Waals surface area (Å²) in [6.45, 7) is 7.08. The van der Waals surface area contributed by atoms with E-state index in [1.165, 1.54) is 0 Å². The summed E-state index contributed by atoms with van der Waals surface area (Å²) in [5.41, 5.74) is -0.592. The zero-order valence-electron chi connectivity index (χ0n) is 9.01. The third-order valence-electron chi connectivity index (χ3n) is 2.24. The molecular weight excluding hydrogens is 166 g/mol. The molecule has 0 aromatic heterocycles. The van der Waals surface area contributed by atoms with Gasteiger partial charge < -0.3 is 15.5 Å². The Hall–Kier alpha value is -0.120. The molecule has 0 radical (unpaired) electrons. The Balaban J connectivity index is 3.26. The van der Waals surface area contributed by atoms with Gasteiger partial charge in [0.05, 0.1) is 11.7 Å². The van der Waals surface area contributed by atoms with Gasteiger partial charge in [-0.05, 0) is 39.7 Å². The first-order chi connectivity index (χ1) is 5.98. The fourth-order valence-electron chi connectivity index (χ4n) is 1.01. The van der Waals surface area contributed by atoms with E-state index in [0.717, 1.165) is 25.8 Å². The molecule has 0 aromatic carbocycles. The van der Waals surface area contributed by atoms with Crippen molar-refractivity contribution in [3.8, 4) is 0 Å². The highest BCUT2D eigenvalue weighted by Crippen LogP contribution is 2.05. The summed E-state index contributed by atoms with van der Waals surface area (Å²) < 4.78 is 0. The van der Waals surface area contributed by atoms with Crippen LogP contribution in [0.1, 0.15) is 40.0 Å². The Morgan fingerprint density at radius 1 is 1.46 bits per heavy atom. The molecule has 0 saturated heterocycles. The molecule has 3 nitrogen and oxygen atoms in total. The molecule has 13 heavy (non-hydrogen) atoms. The van der Waals surface area contributed by atoms with Crippen LogP contribution in [-0.4, -0.2) is 35.0 Å². The van der Waals surface area contributed by atoms with Crippen molar-refractivity contribution < 1.29 is 10.2 Å². The average Bonchev–Trinajstić information content (AvgIpc) is 2.03. The monoisotopic (exact) mass is 189 g/mol. The molecule has 3 N–H and O–H groups in total. The van der Waals surface area contributed by atoms with Crippen molar-refractivity contribution >= 4 is 0 Å². The Kier molecular flexibility index (Phi) is 6.29. The maximum Gasteiger partial charge on any atom is 0.0740 e. The standard InChI is InChI=1S/C10H23NO2/c1-4-10(3,13)8-11-7-5-6-9(2)12/h9,11-13H,4-8H2,1-3H3. The van der Waals surface area contributed by atoms with E-state index in [0.29, 0.717) is 6.54 Å². The summed E-state index contributed by atoms with van der Waals surface area (Å²) in [7, 11) is 0. The molecule has 0 bridgehead atoms. The van der Waals surface area contributed by atoms with Crippen molar-refractivity contribution in [1.82, 2.24) is 5.32 Å². The minimum Gasteiger partial charge on any atom is -0.393 e. The van der Waals surface area contributed by atoms with Crippen molar-refractivity contribution in [2.24, 2.45) is 0 Å². The number of nitrogens with one attached hydrogen (secondary N) is 1. The predicted octanol–water partition coefficient (Wildman–Crippen LogP) is 0.898. The van der Waals surface area contributed by atoms with E-state index in [-0.39, 0.29) is 6.10 Å². The Bertz CT molecular complexity index is 124. The topological polar surface area (TPSA) is 52.5 Å². The van der Waals surface area contributed by atoms with Gasteiger partial charge in [-0.2, -0.15) is 0 Å². The van der Waals surface area contributed by atoms with Gasteiger partial charge in [0, 0.05) is 6.54 Å². The van der Waals surface area contributed by atoms with Crippen molar-refractivity contribution in [2.45, 2.75) is 51.7 Å². The van der Waals surface area contributed by atoms with Crippen molar-refractivity contribution in [3.63, 3.8) is 0 Å². The van der Waals surface area contributed by atoms with Gasteiger partial charge in [-0.25, -0.2) is 0 Å². The van der Waals surface area contributed by atoms with Crippen LogP contribution in [0.4, 0.5) is 0 Å². The van der Waals surface area contributed by atoms with E-state index in [1.54, 1.807) is 6.92 Å². The number of aliphatic hydroxyl groups excluding tert-OH is 1. The van der Waals surface area contributed by atoms with Crippen LogP contribution in [0, 0.1) is 0 Å². The van der Waals surface area contributed by atoms with Crippen molar-refractivity contribution in [3.05, 3.63) is 0 Å². The first kappa shape index (κ1) is 12.9. The van der Waals surface area contributed by atoms with E-state index in [9.17, 15) is 5.11 Å². The van der Waals surface area contributed by atoms with Crippen LogP contribution in [0.5, 0.6) is 0 Å². The predicted molar refractivity (Wildman–Crippen MR) is 54.7 cm³/mol. The van der Waals surface area contributed by atoms with E-state index >= 15 is 0 Å². The molecule has 0 spiro atoms. The molecule has 0 aliphatic carbocycles. The molecule has 0 amide bonds. The third-order valence-corrected chi connectivity index (χ3v) is 2.24. The first-order valence-electron chi connectivity index (χ1n) is 5.09. The SMILES string of the molecule is CCC(C)(O)CNCCCC(C)O. The second-order valence-corrected chi connectivity index (χ2v) is 4.02. The summed E-state index contributed by atoms with van der Waals surface area (Å²) in [5, 5.41) is 21.8. The lowest BCUT2D eigenvalue weighted by Crippen LogP contribution is -2.37. The van der Waals surface area contributed by atoms with Gasteiger partial charge in [0.25, 0.3) is 0 Å². The zero-order chi connectivity index (χ0) is 10.3. The molecule has 0 heterocycles. The molecule has 0 aromatic rings. The average molecular weight is 189 g/mol. The number of aliphatic hydroxyl groups is 2. The van der Waals surface area contributed by atoms with Crippen LogP contribution in [0.2, 0.25) is 0 Å². The van der Waals surface area contributed by atoms with Gasteiger partial charge in [0.2, 0.25) is 0 Å². The van der Waals surface area contributed by atoms with Crippen molar-refractivity contribution in [2.75, 3.05) is 13.1 Å². The fraction of sp³-hybridized carbons (Fsp3) is 1.00. The molecule has 0 rings (SSSR count). The van der Waals surface area contributed by atoms with E-state index in [4.69, 9.17) is 5.11 Å². The number of rotatable bonds is 7. The maximum absolute atomic E-state index is 9.62. The molecule has 0 saturated carbocycles. The first-order valence-corrected chi connectivity index (χ1v) is 5.09. The fourth-order valence-corrected chi connectivity index (χ4v) is 1.01. The summed E-state index contributed by atoms with van der Waals surface area (Å²) in [6.07, 6.45) is 2.32. The van der Waals surface area contributed by atoms with Gasteiger partial charge in [-0.15, -0.1) is 0 Å².